The zero-order valence-corrected chi connectivity index (χ0v) is 13.3. The van der Waals surface area contributed by atoms with Gasteiger partial charge in [0.25, 0.3) is 0 Å². The van der Waals surface area contributed by atoms with Gasteiger partial charge >= 0.3 is 0 Å². The van der Waals surface area contributed by atoms with E-state index in [-0.39, 0.29) is 11.9 Å². The number of likely N-dealkylation sites (tertiary alicyclic amines) is 1. The maximum atomic E-state index is 12.5. The third-order valence-electron chi connectivity index (χ3n) is 4.04. The number of aromatic nitrogens is 1. The highest BCUT2D eigenvalue weighted by molar-refractivity contribution is 5.92. The van der Waals surface area contributed by atoms with Crippen molar-refractivity contribution in [2.75, 3.05) is 24.5 Å². The molecule has 21 heavy (non-hydrogen) atoms. The average Bonchev–Trinajstić information content (AvgIpc) is 2.50. The van der Waals surface area contributed by atoms with Gasteiger partial charge in [-0.2, -0.15) is 0 Å². The van der Waals surface area contributed by atoms with Crippen molar-refractivity contribution in [3.05, 3.63) is 24.4 Å². The Morgan fingerprint density at radius 3 is 2.71 bits per heavy atom. The first-order valence-electron chi connectivity index (χ1n) is 8.17. The Bertz CT molecular complexity index is 429. The van der Waals surface area contributed by atoms with Gasteiger partial charge < -0.3 is 4.90 Å². The van der Waals surface area contributed by atoms with E-state index in [2.05, 4.69) is 16.8 Å². The van der Waals surface area contributed by atoms with Crippen LogP contribution in [0, 0.1) is 0 Å². The van der Waals surface area contributed by atoms with E-state index in [9.17, 15) is 4.79 Å². The third kappa shape index (κ3) is 4.53. The van der Waals surface area contributed by atoms with Gasteiger partial charge in [-0.25, -0.2) is 4.98 Å². The molecule has 1 amide bonds. The van der Waals surface area contributed by atoms with Crippen LogP contribution in [0.1, 0.15) is 46.0 Å². The van der Waals surface area contributed by atoms with Gasteiger partial charge in [-0.3, -0.25) is 9.69 Å². The zero-order chi connectivity index (χ0) is 15.1. The van der Waals surface area contributed by atoms with Crippen LogP contribution >= 0.6 is 0 Å². The maximum Gasteiger partial charge on any atom is 0.228 e. The Kier molecular flexibility index (Phi) is 6.18. The van der Waals surface area contributed by atoms with Crippen molar-refractivity contribution >= 4 is 11.7 Å². The van der Waals surface area contributed by atoms with E-state index in [0.717, 1.165) is 31.9 Å². The summed E-state index contributed by atoms with van der Waals surface area (Å²) < 4.78 is 0. The minimum Gasteiger partial charge on any atom is -0.301 e. The molecule has 2 rings (SSSR count). The smallest absolute Gasteiger partial charge is 0.228 e. The SMILES string of the molecule is CCCC(=O)N(c1ccccn1)C(C)CN1CCCCC1. The maximum absolute atomic E-state index is 12.5. The summed E-state index contributed by atoms with van der Waals surface area (Å²) in [4.78, 5) is 21.2. The zero-order valence-electron chi connectivity index (χ0n) is 13.3. The number of pyridine rings is 1. The lowest BCUT2D eigenvalue weighted by Gasteiger charge is -2.34. The highest BCUT2D eigenvalue weighted by atomic mass is 16.2. The number of anilines is 1. The molecule has 0 aromatic carbocycles. The highest BCUT2D eigenvalue weighted by Crippen LogP contribution is 2.18. The van der Waals surface area contributed by atoms with Crippen molar-refractivity contribution in [1.29, 1.82) is 0 Å². The molecule has 1 saturated heterocycles. The number of amides is 1. The highest BCUT2D eigenvalue weighted by Gasteiger charge is 2.24. The van der Waals surface area contributed by atoms with E-state index in [1.165, 1.54) is 19.3 Å². The van der Waals surface area contributed by atoms with Crippen LogP contribution in [0.2, 0.25) is 0 Å². The van der Waals surface area contributed by atoms with Gasteiger partial charge in [0, 0.05) is 25.2 Å². The molecule has 0 bridgehead atoms. The van der Waals surface area contributed by atoms with E-state index in [4.69, 9.17) is 0 Å². The van der Waals surface area contributed by atoms with Gasteiger partial charge in [-0.15, -0.1) is 0 Å². The summed E-state index contributed by atoms with van der Waals surface area (Å²) in [5, 5.41) is 0. The molecule has 4 heteroatoms. The molecule has 0 radical (unpaired) electrons. The number of hydrogen-bond acceptors (Lipinski definition) is 3. The van der Waals surface area contributed by atoms with Gasteiger partial charge in [-0.1, -0.05) is 19.4 Å². The summed E-state index contributed by atoms with van der Waals surface area (Å²) in [6.45, 7) is 7.43. The summed E-state index contributed by atoms with van der Waals surface area (Å²) in [7, 11) is 0. The van der Waals surface area contributed by atoms with Gasteiger partial charge in [-0.05, 0) is 51.4 Å². The average molecular weight is 289 g/mol. The Hall–Kier alpha value is -1.42. The fourth-order valence-electron chi connectivity index (χ4n) is 3.03. The summed E-state index contributed by atoms with van der Waals surface area (Å²) in [5.74, 6) is 0.959. The monoisotopic (exact) mass is 289 g/mol. The number of carbonyl (C=O) groups excluding carboxylic acids is 1. The predicted molar refractivity (Wildman–Crippen MR) is 86.4 cm³/mol. The molecule has 1 aromatic heterocycles. The summed E-state index contributed by atoms with van der Waals surface area (Å²) in [5.41, 5.74) is 0. The minimum atomic E-state index is 0.164. The Labute approximate surface area is 128 Å². The van der Waals surface area contributed by atoms with Crippen LogP contribution in [0.3, 0.4) is 0 Å². The summed E-state index contributed by atoms with van der Waals surface area (Å²) >= 11 is 0. The van der Waals surface area contributed by atoms with Crippen molar-refractivity contribution in [1.82, 2.24) is 9.88 Å². The van der Waals surface area contributed by atoms with Crippen LogP contribution in [0.25, 0.3) is 0 Å². The normalized spacial score (nSPS) is 17.4. The Morgan fingerprint density at radius 1 is 1.33 bits per heavy atom. The molecule has 0 saturated carbocycles. The molecule has 1 aliphatic heterocycles. The van der Waals surface area contributed by atoms with Crippen molar-refractivity contribution < 1.29 is 4.79 Å². The number of piperidine rings is 1. The lowest BCUT2D eigenvalue weighted by atomic mass is 10.1. The first-order valence-corrected chi connectivity index (χ1v) is 8.17. The quantitative estimate of drug-likeness (QED) is 0.807. The van der Waals surface area contributed by atoms with Crippen molar-refractivity contribution in [3.63, 3.8) is 0 Å². The van der Waals surface area contributed by atoms with Gasteiger partial charge in [0.1, 0.15) is 5.82 Å². The van der Waals surface area contributed by atoms with Gasteiger partial charge in [0.15, 0.2) is 0 Å². The van der Waals surface area contributed by atoms with Crippen molar-refractivity contribution in [2.45, 2.75) is 52.0 Å². The van der Waals surface area contributed by atoms with Crippen LogP contribution in [-0.2, 0) is 4.79 Å². The number of nitrogens with zero attached hydrogens (tertiary/aromatic N) is 3. The van der Waals surface area contributed by atoms with Gasteiger partial charge in [0.05, 0.1) is 0 Å². The topological polar surface area (TPSA) is 36.4 Å². The van der Waals surface area contributed by atoms with Crippen LogP contribution in [-0.4, -0.2) is 41.5 Å². The van der Waals surface area contributed by atoms with E-state index in [0.29, 0.717) is 6.42 Å². The molecule has 2 heterocycles. The third-order valence-corrected chi connectivity index (χ3v) is 4.04. The largest absolute Gasteiger partial charge is 0.301 e. The molecule has 0 N–H and O–H groups in total. The van der Waals surface area contributed by atoms with E-state index in [1.54, 1.807) is 6.20 Å². The molecule has 1 aromatic rings. The van der Waals surface area contributed by atoms with E-state index >= 15 is 0 Å². The molecular weight excluding hydrogens is 262 g/mol. The fourth-order valence-corrected chi connectivity index (χ4v) is 3.03. The van der Waals surface area contributed by atoms with Crippen molar-refractivity contribution in [2.24, 2.45) is 0 Å². The minimum absolute atomic E-state index is 0.164. The molecule has 1 unspecified atom stereocenters. The summed E-state index contributed by atoms with van der Waals surface area (Å²) in [6.07, 6.45) is 7.11. The van der Waals surface area contributed by atoms with Crippen molar-refractivity contribution in [3.8, 4) is 0 Å². The molecule has 1 fully saturated rings. The number of carbonyl (C=O) groups is 1. The standard InChI is InChI=1S/C17H27N3O/c1-3-9-17(21)20(16-10-5-6-11-18-16)15(2)14-19-12-7-4-8-13-19/h5-6,10-11,15H,3-4,7-9,12-14H2,1-2H3. The second-order valence-electron chi connectivity index (χ2n) is 5.91. The Morgan fingerprint density at radius 2 is 2.10 bits per heavy atom. The molecule has 1 aliphatic rings. The number of hydrogen-bond donors (Lipinski definition) is 0. The molecule has 0 spiro atoms. The first-order chi connectivity index (χ1) is 10.2. The van der Waals surface area contributed by atoms with Crippen LogP contribution in [0.5, 0.6) is 0 Å². The molecule has 0 aliphatic carbocycles. The fraction of sp³-hybridized carbons (Fsp3) is 0.647. The number of rotatable bonds is 6. The molecule has 116 valence electrons. The van der Waals surface area contributed by atoms with Crippen LogP contribution in [0.4, 0.5) is 5.82 Å². The summed E-state index contributed by atoms with van der Waals surface area (Å²) in [6, 6.07) is 5.93. The molecule has 1 atom stereocenters. The molecule has 4 nitrogen and oxygen atoms in total. The van der Waals surface area contributed by atoms with Crippen LogP contribution < -0.4 is 4.90 Å². The van der Waals surface area contributed by atoms with Gasteiger partial charge in [0.2, 0.25) is 5.91 Å². The van der Waals surface area contributed by atoms with E-state index in [1.807, 2.05) is 30.0 Å². The lowest BCUT2D eigenvalue weighted by molar-refractivity contribution is -0.119. The lowest BCUT2D eigenvalue weighted by Crippen LogP contribution is -2.47. The first kappa shape index (κ1) is 16.0. The second-order valence-corrected chi connectivity index (χ2v) is 5.91. The molecular formula is C17H27N3O. The second kappa shape index (κ2) is 8.13. The van der Waals surface area contributed by atoms with E-state index < -0.39 is 0 Å². The predicted octanol–water partition coefficient (Wildman–Crippen LogP) is 3.09. The Balaban J connectivity index is 2.08. The van der Waals surface area contributed by atoms with Crippen LogP contribution in [0.15, 0.2) is 24.4 Å².